The second-order valence-electron chi connectivity index (χ2n) is 14.0. The number of nitrogens with one attached hydrogen (secondary N) is 1. The number of carbonyl (C=O) groups is 1. The second kappa shape index (κ2) is 42.7. The van der Waals surface area contributed by atoms with Crippen LogP contribution in [0.15, 0.2) is 97.2 Å². The quantitative estimate of drug-likeness (QED) is 0.0442. The lowest BCUT2D eigenvalue weighted by Crippen LogP contribution is -2.45. The summed E-state index contributed by atoms with van der Waals surface area (Å²) in [6.45, 7) is 4.13. The molecule has 3 N–H and O–H groups in total. The highest BCUT2D eigenvalue weighted by Crippen LogP contribution is 2.13. The molecule has 0 aromatic heterocycles. The average Bonchev–Trinajstić information content (AvgIpc) is 3.15. The molecule has 0 heterocycles. The number of rotatable bonds is 37. The van der Waals surface area contributed by atoms with Crippen molar-refractivity contribution in [1.82, 2.24) is 5.32 Å². The smallest absolute Gasteiger partial charge is 0.220 e. The van der Waals surface area contributed by atoms with Crippen LogP contribution in [0.1, 0.15) is 181 Å². The van der Waals surface area contributed by atoms with E-state index in [1.165, 1.54) is 89.9 Å². The molecule has 2 unspecified atom stereocenters. The Bertz CT molecular complexity index is 999. The molecule has 0 saturated carbocycles. The van der Waals surface area contributed by atoms with Gasteiger partial charge in [0.05, 0.1) is 18.8 Å². The standard InChI is InChI=1S/C48H81NO3/c1-3-5-7-9-11-13-15-17-18-19-20-21-22-23-24-25-26-27-28-29-30-32-34-36-38-40-42-44-48(52)49-46(45-50)47(51)43-41-39-37-35-33-31-16-14-12-10-8-6-4-2/h5,7,11-14,17-18,20-21,23-24,33,35,41,43,46-47,50-51H,3-4,6,8-10,15-16,19,22,25-32,34,36-40,42,44-45H2,1-2H3,(H,49,52)/b7-5-,13-11-,14-12+,18-17-,21-20-,24-23-,35-33+,43-41+. The maximum Gasteiger partial charge on any atom is 0.220 e. The Morgan fingerprint density at radius 2 is 0.865 bits per heavy atom. The summed E-state index contributed by atoms with van der Waals surface area (Å²) < 4.78 is 0. The third kappa shape index (κ3) is 38.5. The molecule has 0 saturated heterocycles. The summed E-state index contributed by atoms with van der Waals surface area (Å²) in [4.78, 5) is 12.4. The molecular weight excluding hydrogens is 639 g/mol. The first-order valence-corrected chi connectivity index (χ1v) is 21.5. The number of aliphatic hydroxyl groups is 2. The Morgan fingerprint density at radius 3 is 1.35 bits per heavy atom. The van der Waals surface area contributed by atoms with Crippen LogP contribution in [-0.4, -0.2) is 34.9 Å². The number of allylic oxidation sites excluding steroid dienone is 15. The fraction of sp³-hybridized carbons (Fsp3) is 0.646. The molecule has 0 bridgehead atoms. The van der Waals surface area contributed by atoms with Crippen LogP contribution < -0.4 is 5.32 Å². The minimum absolute atomic E-state index is 0.0878. The summed E-state index contributed by atoms with van der Waals surface area (Å²) in [5, 5.41) is 22.9. The molecule has 0 aliphatic carbocycles. The van der Waals surface area contributed by atoms with Crippen molar-refractivity contribution in [3.05, 3.63) is 97.2 Å². The third-order valence-corrected chi connectivity index (χ3v) is 9.03. The van der Waals surface area contributed by atoms with Gasteiger partial charge in [-0.05, 0) is 89.9 Å². The summed E-state index contributed by atoms with van der Waals surface area (Å²) in [7, 11) is 0. The van der Waals surface area contributed by atoms with E-state index in [4.69, 9.17) is 0 Å². The van der Waals surface area contributed by atoms with Crippen molar-refractivity contribution in [2.24, 2.45) is 0 Å². The summed E-state index contributed by atoms with van der Waals surface area (Å²) in [6, 6.07) is -0.651. The highest BCUT2D eigenvalue weighted by molar-refractivity contribution is 5.76. The van der Waals surface area contributed by atoms with Crippen LogP contribution in [0.4, 0.5) is 0 Å². The molecule has 296 valence electrons. The summed E-state index contributed by atoms with van der Waals surface area (Å²) >= 11 is 0. The topological polar surface area (TPSA) is 69.6 Å². The fourth-order valence-corrected chi connectivity index (χ4v) is 5.76. The molecule has 1 amide bonds. The SMILES string of the molecule is CC/C=C\C/C=C\C/C=C\C/C=C\C/C=C\CCCCCCCCCCCCCC(=O)NC(CO)C(O)/C=C/CC/C=C/CC/C=C/CCCCC. The van der Waals surface area contributed by atoms with Gasteiger partial charge in [-0.1, -0.05) is 182 Å². The molecule has 0 spiro atoms. The first-order valence-electron chi connectivity index (χ1n) is 21.5. The zero-order valence-electron chi connectivity index (χ0n) is 33.8. The molecule has 0 radical (unpaired) electrons. The minimum Gasteiger partial charge on any atom is -0.394 e. The second-order valence-corrected chi connectivity index (χ2v) is 14.0. The number of amides is 1. The van der Waals surface area contributed by atoms with E-state index in [1.807, 2.05) is 6.08 Å². The van der Waals surface area contributed by atoms with Crippen molar-refractivity contribution >= 4 is 5.91 Å². The first-order chi connectivity index (χ1) is 25.7. The Morgan fingerprint density at radius 1 is 0.481 bits per heavy atom. The van der Waals surface area contributed by atoms with Crippen molar-refractivity contribution < 1.29 is 15.0 Å². The highest BCUT2D eigenvalue weighted by Gasteiger charge is 2.17. The van der Waals surface area contributed by atoms with Crippen molar-refractivity contribution in [3.8, 4) is 0 Å². The molecule has 0 aromatic rings. The molecule has 4 heteroatoms. The van der Waals surface area contributed by atoms with Crippen LogP contribution in [0.2, 0.25) is 0 Å². The van der Waals surface area contributed by atoms with Crippen molar-refractivity contribution in [1.29, 1.82) is 0 Å². The predicted octanol–water partition coefficient (Wildman–Crippen LogP) is 13.5. The number of hydrogen-bond donors (Lipinski definition) is 3. The van der Waals surface area contributed by atoms with Crippen LogP contribution in [0.3, 0.4) is 0 Å². The van der Waals surface area contributed by atoms with Crippen LogP contribution in [-0.2, 0) is 4.79 Å². The van der Waals surface area contributed by atoms with E-state index in [-0.39, 0.29) is 12.5 Å². The molecule has 0 aromatic carbocycles. The molecule has 4 nitrogen and oxygen atoms in total. The van der Waals surface area contributed by atoms with Crippen molar-refractivity contribution in [2.75, 3.05) is 6.61 Å². The Kier molecular flexibility index (Phi) is 40.5. The normalized spacial score (nSPS) is 14.0. The monoisotopic (exact) mass is 720 g/mol. The average molecular weight is 720 g/mol. The summed E-state index contributed by atoms with van der Waals surface area (Å²) in [5.74, 6) is -0.0878. The van der Waals surface area contributed by atoms with Gasteiger partial charge in [0.2, 0.25) is 5.91 Å². The summed E-state index contributed by atoms with van der Waals surface area (Å²) in [6.07, 6.45) is 63.7. The van der Waals surface area contributed by atoms with Crippen LogP contribution in [0.5, 0.6) is 0 Å². The predicted molar refractivity (Wildman–Crippen MR) is 230 cm³/mol. The van der Waals surface area contributed by atoms with Crippen LogP contribution >= 0.6 is 0 Å². The Hall–Kier alpha value is -2.69. The van der Waals surface area contributed by atoms with Crippen molar-refractivity contribution in [3.63, 3.8) is 0 Å². The van der Waals surface area contributed by atoms with Gasteiger partial charge in [-0.25, -0.2) is 0 Å². The van der Waals surface area contributed by atoms with Crippen molar-refractivity contribution in [2.45, 2.75) is 193 Å². The fourth-order valence-electron chi connectivity index (χ4n) is 5.76. The van der Waals surface area contributed by atoms with E-state index in [2.05, 4.69) is 104 Å². The third-order valence-electron chi connectivity index (χ3n) is 9.03. The lowest BCUT2D eigenvalue weighted by Gasteiger charge is -2.19. The van der Waals surface area contributed by atoms with Gasteiger partial charge in [0.15, 0.2) is 0 Å². The first kappa shape index (κ1) is 49.3. The molecular formula is C48H81NO3. The van der Waals surface area contributed by atoms with Gasteiger partial charge in [-0.15, -0.1) is 0 Å². The molecule has 0 aliphatic rings. The van der Waals surface area contributed by atoms with E-state index in [0.717, 1.165) is 70.6 Å². The molecule has 2 atom stereocenters. The van der Waals surface area contributed by atoms with E-state index in [9.17, 15) is 15.0 Å². The van der Waals surface area contributed by atoms with E-state index in [1.54, 1.807) is 6.08 Å². The lowest BCUT2D eigenvalue weighted by atomic mass is 10.0. The number of carbonyl (C=O) groups excluding carboxylic acids is 1. The summed E-state index contributed by atoms with van der Waals surface area (Å²) in [5.41, 5.74) is 0. The van der Waals surface area contributed by atoms with Crippen LogP contribution in [0, 0.1) is 0 Å². The van der Waals surface area contributed by atoms with Gasteiger partial charge < -0.3 is 15.5 Å². The van der Waals surface area contributed by atoms with Gasteiger partial charge in [0.25, 0.3) is 0 Å². The van der Waals surface area contributed by atoms with Crippen LogP contribution in [0.25, 0.3) is 0 Å². The molecule has 0 aliphatic heterocycles. The van der Waals surface area contributed by atoms with E-state index >= 15 is 0 Å². The zero-order valence-corrected chi connectivity index (χ0v) is 33.8. The Labute approximate surface area is 322 Å². The van der Waals surface area contributed by atoms with Gasteiger partial charge in [-0.2, -0.15) is 0 Å². The minimum atomic E-state index is -0.875. The molecule has 0 fully saturated rings. The number of unbranched alkanes of at least 4 members (excludes halogenated alkanes) is 16. The maximum absolute atomic E-state index is 12.4. The van der Waals surface area contributed by atoms with Gasteiger partial charge in [0.1, 0.15) is 0 Å². The van der Waals surface area contributed by atoms with Gasteiger partial charge >= 0.3 is 0 Å². The molecule has 0 rings (SSSR count). The lowest BCUT2D eigenvalue weighted by molar-refractivity contribution is -0.123. The largest absolute Gasteiger partial charge is 0.394 e. The zero-order chi connectivity index (χ0) is 37.8. The molecule has 52 heavy (non-hydrogen) atoms. The van der Waals surface area contributed by atoms with Gasteiger partial charge in [-0.3, -0.25) is 4.79 Å². The van der Waals surface area contributed by atoms with E-state index < -0.39 is 12.1 Å². The maximum atomic E-state index is 12.4. The number of aliphatic hydroxyl groups excluding tert-OH is 2. The number of hydrogen-bond acceptors (Lipinski definition) is 3. The highest BCUT2D eigenvalue weighted by atomic mass is 16.3. The van der Waals surface area contributed by atoms with Gasteiger partial charge in [0, 0.05) is 6.42 Å². The Balaban J connectivity index is 3.63. The van der Waals surface area contributed by atoms with E-state index in [0.29, 0.717) is 6.42 Å².